The number of nitrogens with zero attached hydrogens (tertiary/aromatic N) is 1. The lowest BCUT2D eigenvalue weighted by molar-refractivity contribution is -0.146. The first-order valence-electron chi connectivity index (χ1n) is 14.4. The van der Waals surface area contributed by atoms with Gasteiger partial charge in [-0.05, 0) is 6.42 Å². The van der Waals surface area contributed by atoms with E-state index in [9.17, 15) is 4.79 Å². The number of carbonyl (C=O) groups excluding carboxylic acids is 1. The van der Waals surface area contributed by atoms with Crippen LogP contribution in [0.2, 0.25) is 0 Å². The minimum absolute atomic E-state index is 0.180. The number of hydroxylamine groups is 1. The van der Waals surface area contributed by atoms with Crippen molar-refractivity contribution < 1.29 is 10.0 Å². The van der Waals surface area contributed by atoms with E-state index in [1.54, 1.807) is 0 Å². The number of carbonyl (C=O) groups is 1. The van der Waals surface area contributed by atoms with E-state index in [4.69, 9.17) is 17.0 Å². The molecule has 0 bridgehead atoms. The summed E-state index contributed by atoms with van der Waals surface area (Å²) in [5.41, 5.74) is 0. The van der Waals surface area contributed by atoms with Crippen LogP contribution >= 0.6 is 11.8 Å². The molecule has 0 saturated carbocycles. The maximum atomic E-state index is 11.1. The Morgan fingerprint density at radius 3 is 0.938 bits per heavy atom. The molecule has 0 spiro atoms. The van der Waals surface area contributed by atoms with E-state index in [1.807, 2.05) is 0 Å². The van der Waals surface area contributed by atoms with Gasteiger partial charge in [0.05, 0.1) is 0 Å². The van der Waals surface area contributed by atoms with E-state index in [1.165, 1.54) is 148 Å². The predicted molar refractivity (Wildman–Crippen MR) is 140 cm³/mol. The molecule has 0 fully saturated rings. The van der Waals surface area contributed by atoms with Crippen LogP contribution in [0.1, 0.15) is 174 Å². The number of hydrogen-bond donors (Lipinski definition) is 1. The minimum atomic E-state index is -0.402. The summed E-state index contributed by atoms with van der Waals surface area (Å²) in [7, 11) is 0. The van der Waals surface area contributed by atoms with Crippen LogP contribution in [0.5, 0.6) is 0 Å². The van der Waals surface area contributed by atoms with Crippen molar-refractivity contribution in [1.29, 1.82) is 0 Å². The Morgan fingerprint density at radius 1 is 0.500 bits per heavy atom. The van der Waals surface area contributed by atoms with Crippen LogP contribution < -0.4 is 0 Å². The zero-order valence-electron chi connectivity index (χ0n) is 21.6. The molecule has 0 atom stereocenters. The molecule has 0 aromatic carbocycles. The molecular weight excluding hydrogens is 418 g/mol. The van der Waals surface area contributed by atoms with Gasteiger partial charge in [-0.3, -0.25) is 10.0 Å². The van der Waals surface area contributed by atoms with Crippen LogP contribution in [-0.2, 0) is 4.79 Å². The average Bonchev–Trinajstić information content (AvgIpc) is 2.78. The molecule has 4 heteroatoms. The lowest BCUT2D eigenvalue weighted by Crippen LogP contribution is -2.16. The fraction of sp³-hybridized carbons (Fsp3) is 0.964. The Bertz CT molecular complexity index is 376. The van der Waals surface area contributed by atoms with Gasteiger partial charge in [-0.25, -0.2) is 0 Å². The van der Waals surface area contributed by atoms with Gasteiger partial charge < -0.3 is 0 Å². The first kappa shape index (κ1) is 31.7. The molecule has 0 aliphatic rings. The van der Waals surface area contributed by atoms with Crippen LogP contribution in [0.4, 0.5) is 0 Å². The van der Waals surface area contributed by atoms with Crippen molar-refractivity contribution in [3.05, 3.63) is 0 Å². The normalized spacial score (nSPS) is 11.2. The average molecular weight is 474 g/mol. The molecule has 0 aromatic rings. The third-order valence-electron chi connectivity index (χ3n) is 6.70. The second-order valence-electron chi connectivity index (χ2n) is 9.89. The number of halogens is 1. The van der Waals surface area contributed by atoms with Crippen molar-refractivity contribution in [3.8, 4) is 0 Å². The second-order valence-corrected chi connectivity index (χ2v) is 10.2. The Morgan fingerprint density at radius 2 is 0.719 bits per heavy atom. The van der Waals surface area contributed by atoms with E-state index in [2.05, 4.69) is 6.92 Å². The Hall–Kier alpha value is -0.280. The fourth-order valence-corrected chi connectivity index (χ4v) is 4.59. The summed E-state index contributed by atoms with van der Waals surface area (Å²) in [6.07, 6.45) is 34.7. The standard InChI is InChI=1S/C28H56ClNO2/c1-2-3-4-5-6-7-8-9-10-11-12-13-14-15-16-17-18-19-20-21-22-23-24-25-26-27-28(31)30(29)32/h32H,2-27H2,1H3. The zero-order valence-corrected chi connectivity index (χ0v) is 22.3. The van der Waals surface area contributed by atoms with Crippen molar-refractivity contribution in [2.24, 2.45) is 0 Å². The Kier molecular flexibility index (Phi) is 26.7. The molecule has 3 nitrogen and oxygen atoms in total. The molecule has 0 unspecified atom stereocenters. The van der Waals surface area contributed by atoms with Crippen molar-refractivity contribution in [3.63, 3.8) is 0 Å². The molecule has 0 rings (SSSR count). The molecular formula is C28H56ClNO2. The molecule has 0 aliphatic carbocycles. The van der Waals surface area contributed by atoms with Gasteiger partial charge in [0.2, 0.25) is 0 Å². The summed E-state index contributed by atoms with van der Waals surface area (Å²) in [6.45, 7) is 2.29. The van der Waals surface area contributed by atoms with Crippen LogP contribution in [-0.4, -0.2) is 15.7 Å². The SMILES string of the molecule is CCCCCCCCCCCCCCCCCCCCCCCCCCCC(=O)N(O)Cl. The van der Waals surface area contributed by atoms with E-state index in [-0.39, 0.29) is 4.58 Å². The van der Waals surface area contributed by atoms with Gasteiger partial charge in [0.25, 0.3) is 5.91 Å². The van der Waals surface area contributed by atoms with Gasteiger partial charge >= 0.3 is 0 Å². The van der Waals surface area contributed by atoms with Crippen LogP contribution in [0, 0.1) is 0 Å². The highest BCUT2D eigenvalue weighted by Gasteiger charge is 2.06. The molecule has 1 N–H and O–H groups in total. The number of unbranched alkanes of at least 4 members (excludes halogenated alkanes) is 24. The molecule has 32 heavy (non-hydrogen) atoms. The van der Waals surface area contributed by atoms with Crippen LogP contribution in [0.15, 0.2) is 0 Å². The summed E-state index contributed by atoms with van der Waals surface area (Å²) >= 11 is 5.17. The molecule has 0 heterocycles. The molecule has 0 aliphatic heterocycles. The maximum absolute atomic E-state index is 11.1. The summed E-state index contributed by atoms with van der Waals surface area (Å²) in [5, 5.41) is 8.76. The molecule has 192 valence electrons. The third-order valence-corrected chi connectivity index (χ3v) is 6.89. The molecule has 0 saturated heterocycles. The van der Waals surface area contributed by atoms with Gasteiger partial charge in [0.1, 0.15) is 0 Å². The maximum Gasteiger partial charge on any atom is 0.261 e. The lowest BCUT2D eigenvalue weighted by Gasteiger charge is -2.05. The molecule has 1 amide bonds. The van der Waals surface area contributed by atoms with Crippen molar-refractivity contribution >= 4 is 17.7 Å². The van der Waals surface area contributed by atoms with Crippen molar-refractivity contribution in [2.45, 2.75) is 174 Å². The van der Waals surface area contributed by atoms with E-state index in [0.29, 0.717) is 6.42 Å². The highest BCUT2D eigenvalue weighted by molar-refractivity contribution is 6.19. The number of rotatable bonds is 26. The molecule has 0 radical (unpaired) electrons. The van der Waals surface area contributed by atoms with Crippen molar-refractivity contribution in [2.75, 3.05) is 0 Å². The smallest absolute Gasteiger partial charge is 0.261 e. The largest absolute Gasteiger partial charge is 0.271 e. The van der Waals surface area contributed by atoms with Crippen LogP contribution in [0.25, 0.3) is 0 Å². The van der Waals surface area contributed by atoms with Gasteiger partial charge in [-0.2, -0.15) is 0 Å². The fourth-order valence-electron chi connectivity index (χ4n) is 4.51. The first-order chi connectivity index (χ1) is 15.7. The van der Waals surface area contributed by atoms with Gasteiger partial charge in [0, 0.05) is 18.2 Å². The minimum Gasteiger partial charge on any atom is -0.271 e. The highest BCUT2D eigenvalue weighted by atomic mass is 35.5. The quantitative estimate of drug-likeness (QED) is 0.0586. The summed E-state index contributed by atoms with van der Waals surface area (Å²) in [6, 6.07) is 0. The Labute approximate surface area is 206 Å². The van der Waals surface area contributed by atoms with Gasteiger partial charge in [0.15, 0.2) is 0 Å². The lowest BCUT2D eigenvalue weighted by atomic mass is 10.0. The van der Waals surface area contributed by atoms with Crippen molar-refractivity contribution in [1.82, 2.24) is 4.58 Å². The number of hydrogen-bond acceptors (Lipinski definition) is 2. The summed E-state index contributed by atoms with van der Waals surface area (Å²) in [5.74, 6) is -0.402. The third kappa shape index (κ3) is 26.0. The zero-order chi connectivity index (χ0) is 23.5. The highest BCUT2D eigenvalue weighted by Crippen LogP contribution is 2.16. The van der Waals surface area contributed by atoms with Crippen LogP contribution in [0.3, 0.4) is 0 Å². The summed E-state index contributed by atoms with van der Waals surface area (Å²) < 4.78 is 0.180. The Balaban J connectivity index is 3.04. The topological polar surface area (TPSA) is 40.5 Å². The first-order valence-corrected chi connectivity index (χ1v) is 14.7. The predicted octanol–water partition coefficient (Wildman–Crippen LogP) is 10.5. The van der Waals surface area contributed by atoms with E-state index >= 15 is 0 Å². The molecule has 0 aromatic heterocycles. The van der Waals surface area contributed by atoms with E-state index < -0.39 is 5.91 Å². The summed E-state index contributed by atoms with van der Waals surface area (Å²) in [4.78, 5) is 11.1. The van der Waals surface area contributed by atoms with Gasteiger partial charge in [-0.1, -0.05) is 161 Å². The van der Waals surface area contributed by atoms with E-state index in [0.717, 1.165) is 12.8 Å². The van der Waals surface area contributed by atoms with Gasteiger partial charge in [-0.15, -0.1) is 4.58 Å². The number of amides is 1. The second kappa shape index (κ2) is 27.0. The monoisotopic (exact) mass is 473 g/mol.